The minimum atomic E-state index is -0.346. The van der Waals surface area contributed by atoms with Gasteiger partial charge in [0, 0.05) is 0 Å². The van der Waals surface area contributed by atoms with E-state index in [4.69, 9.17) is 11.6 Å². The van der Waals surface area contributed by atoms with Crippen LogP contribution >= 0.6 is 11.6 Å². The van der Waals surface area contributed by atoms with Crippen molar-refractivity contribution in [2.45, 2.75) is 0 Å². The van der Waals surface area contributed by atoms with Crippen LogP contribution in [0.15, 0.2) is 42.5 Å². The van der Waals surface area contributed by atoms with Gasteiger partial charge >= 0.3 is 0 Å². The van der Waals surface area contributed by atoms with Crippen LogP contribution in [0.2, 0.25) is 5.15 Å². The second-order valence-electron chi connectivity index (χ2n) is 3.55. The van der Waals surface area contributed by atoms with E-state index in [-0.39, 0.29) is 5.82 Å². The smallest absolute Gasteiger partial charge is 0.172 e. The summed E-state index contributed by atoms with van der Waals surface area (Å²) < 4.78 is 15.3. The molecule has 0 saturated carbocycles. The van der Waals surface area contributed by atoms with E-state index in [1.807, 2.05) is 0 Å². The molecule has 0 saturated heterocycles. The van der Waals surface area contributed by atoms with Crippen LogP contribution in [-0.2, 0) is 0 Å². The molecule has 0 radical (unpaired) electrons. The quantitative estimate of drug-likeness (QED) is 0.618. The molecule has 0 amide bonds. The van der Waals surface area contributed by atoms with Crippen molar-refractivity contribution in [3.8, 4) is 11.4 Å². The monoisotopic (exact) mass is 247 g/mol. The van der Waals surface area contributed by atoms with Gasteiger partial charge in [0.15, 0.2) is 11.5 Å². The number of fused-ring (bicyclic) bond motifs is 1. The Kier molecular flexibility index (Phi) is 2.30. The summed E-state index contributed by atoms with van der Waals surface area (Å²) in [4.78, 5) is 0. The van der Waals surface area contributed by atoms with Gasteiger partial charge in [-0.3, -0.25) is 4.40 Å². The zero-order chi connectivity index (χ0) is 11.8. The molecule has 3 nitrogen and oxygen atoms in total. The molecule has 0 aliphatic carbocycles. The van der Waals surface area contributed by atoms with Crippen molar-refractivity contribution < 1.29 is 4.39 Å². The summed E-state index contributed by atoms with van der Waals surface area (Å²) in [5.74, 6) is 0.0606. The maximum Gasteiger partial charge on any atom is 0.172 e. The predicted octanol–water partition coefficient (Wildman–Crippen LogP) is 3.19. The molecular weight excluding hydrogens is 241 g/mol. The van der Waals surface area contributed by atoms with Crippen molar-refractivity contribution in [1.82, 2.24) is 14.6 Å². The highest BCUT2D eigenvalue weighted by molar-refractivity contribution is 6.29. The lowest BCUT2D eigenvalue weighted by atomic mass is 10.2. The van der Waals surface area contributed by atoms with Crippen LogP contribution in [0.1, 0.15) is 0 Å². The summed E-state index contributed by atoms with van der Waals surface area (Å²) in [5, 5.41) is 8.38. The number of nitrogens with zero attached hydrogens (tertiary/aromatic N) is 3. The Labute approximate surface area is 101 Å². The lowest BCUT2D eigenvalue weighted by molar-refractivity contribution is 0.629. The number of benzene rings is 1. The number of halogens is 2. The van der Waals surface area contributed by atoms with Gasteiger partial charge in [-0.05, 0) is 24.3 Å². The minimum Gasteiger partial charge on any atom is -0.265 e. The van der Waals surface area contributed by atoms with Crippen LogP contribution in [-0.4, -0.2) is 14.6 Å². The van der Waals surface area contributed by atoms with E-state index < -0.39 is 0 Å². The molecule has 0 atom stereocenters. The van der Waals surface area contributed by atoms with Crippen LogP contribution in [0.4, 0.5) is 4.39 Å². The fraction of sp³-hybridized carbons (Fsp3) is 0. The van der Waals surface area contributed by atoms with Gasteiger partial charge in [0.1, 0.15) is 11.0 Å². The summed E-state index contributed by atoms with van der Waals surface area (Å²) in [5.41, 5.74) is 0.976. The van der Waals surface area contributed by atoms with Gasteiger partial charge in [-0.25, -0.2) is 4.39 Å². The number of hydrogen-bond acceptors (Lipinski definition) is 2. The van der Waals surface area contributed by atoms with Gasteiger partial charge < -0.3 is 0 Å². The summed E-state index contributed by atoms with van der Waals surface area (Å²) in [6.07, 6.45) is 0. The van der Waals surface area contributed by atoms with Crippen molar-refractivity contribution in [2.24, 2.45) is 0 Å². The van der Waals surface area contributed by atoms with Gasteiger partial charge in [-0.2, -0.15) is 0 Å². The van der Waals surface area contributed by atoms with Crippen molar-refractivity contribution >= 4 is 17.2 Å². The number of aromatic nitrogens is 3. The topological polar surface area (TPSA) is 30.2 Å². The number of pyridine rings is 1. The van der Waals surface area contributed by atoms with Gasteiger partial charge in [-0.15, -0.1) is 10.2 Å². The number of hydrogen-bond donors (Lipinski definition) is 0. The van der Waals surface area contributed by atoms with Crippen molar-refractivity contribution in [3.05, 3.63) is 53.4 Å². The first-order chi connectivity index (χ1) is 8.27. The average Bonchev–Trinajstić information content (AvgIpc) is 2.75. The lowest BCUT2D eigenvalue weighted by Gasteiger charge is -2.02. The van der Waals surface area contributed by atoms with Gasteiger partial charge in [-0.1, -0.05) is 29.8 Å². The van der Waals surface area contributed by atoms with Crippen LogP contribution in [0, 0.1) is 5.82 Å². The van der Waals surface area contributed by atoms with E-state index in [9.17, 15) is 4.39 Å². The molecule has 0 aliphatic rings. The second kappa shape index (κ2) is 3.82. The van der Waals surface area contributed by atoms with Crippen LogP contribution in [0.3, 0.4) is 0 Å². The van der Waals surface area contributed by atoms with E-state index in [0.717, 1.165) is 0 Å². The molecule has 0 spiro atoms. The molecule has 0 bridgehead atoms. The Hall–Kier alpha value is -1.94. The molecule has 3 rings (SSSR count). The highest BCUT2D eigenvalue weighted by Crippen LogP contribution is 2.24. The predicted molar refractivity (Wildman–Crippen MR) is 63.4 cm³/mol. The molecule has 0 unspecified atom stereocenters. The Balaban J connectivity index is 2.36. The molecule has 2 heterocycles. The van der Waals surface area contributed by atoms with E-state index in [0.29, 0.717) is 22.2 Å². The molecule has 3 aromatic rings. The maximum absolute atomic E-state index is 13.7. The van der Waals surface area contributed by atoms with Gasteiger partial charge in [0.25, 0.3) is 0 Å². The van der Waals surface area contributed by atoms with Crippen molar-refractivity contribution in [1.29, 1.82) is 0 Å². The van der Waals surface area contributed by atoms with E-state index in [1.54, 1.807) is 40.8 Å². The first kappa shape index (κ1) is 10.2. The second-order valence-corrected chi connectivity index (χ2v) is 3.93. The van der Waals surface area contributed by atoms with Crippen LogP contribution in [0.25, 0.3) is 17.0 Å². The molecule has 2 aromatic heterocycles. The molecule has 1 aromatic carbocycles. The standard InChI is InChI=1S/C12H7ClFN3/c13-10-6-3-7-11-15-16-12(17(10)11)8-4-1-2-5-9(8)14/h1-7H. The zero-order valence-corrected chi connectivity index (χ0v) is 9.39. The Morgan fingerprint density at radius 1 is 1.00 bits per heavy atom. The highest BCUT2D eigenvalue weighted by Gasteiger charge is 2.13. The molecular formula is C12H7ClFN3. The average molecular weight is 248 g/mol. The number of rotatable bonds is 1. The Morgan fingerprint density at radius 3 is 2.65 bits per heavy atom. The fourth-order valence-electron chi connectivity index (χ4n) is 1.72. The third kappa shape index (κ3) is 1.57. The summed E-state index contributed by atoms with van der Waals surface area (Å²) in [7, 11) is 0. The van der Waals surface area contributed by atoms with Gasteiger partial charge in [0.2, 0.25) is 0 Å². The normalized spacial score (nSPS) is 10.9. The molecule has 0 fully saturated rings. The first-order valence-corrected chi connectivity index (χ1v) is 5.40. The van der Waals surface area contributed by atoms with E-state index in [2.05, 4.69) is 10.2 Å². The largest absolute Gasteiger partial charge is 0.265 e. The third-order valence-electron chi connectivity index (χ3n) is 2.50. The van der Waals surface area contributed by atoms with Crippen molar-refractivity contribution in [2.75, 3.05) is 0 Å². The molecule has 0 N–H and O–H groups in total. The van der Waals surface area contributed by atoms with E-state index in [1.165, 1.54) is 6.07 Å². The summed E-state index contributed by atoms with van der Waals surface area (Å²) >= 11 is 6.07. The van der Waals surface area contributed by atoms with Crippen LogP contribution in [0.5, 0.6) is 0 Å². The first-order valence-electron chi connectivity index (χ1n) is 5.02. The zero-order valence-electron chi connectivity index (χ0n) is 8.64. The van der Waals surface area contributed by atoms with Crippen molar-refractivity contribution in [3.63, 3.8) is 0 Å². The van der Waals surface area contributed by atoms with E-state index >= 15 is 0 Å². The molecule has 84 valence electrons. The molecule has 5 heteroatoms. The molecule has 0 aliphatic heterocycles. The van der Waals surface area contributed by atoms with Gasteiger partial charge in [0.05, 0.1) is 5.56 Å². The third-order valence-corrected chi connectivity index (χ3v) is 2.79. The summed E-state index contributed by atoms with van der Waals surface area (Å²) in [6.45, 7) is 0. The highest BCUT2D eigenvalue weighted by atomic mass is 35.5. The minimum absolute atomic E-state index is 0.346. The Morgan fingerprint density at radius 2 is 1.82 bits per heavy atom. The Bertz CT molecular complexity index is 693. The lowest BCUT2D eigenvalue weighted by Crippen LogP contribution is -1.93. The fourth-order valence-corrected chi connectivity index (χ4v) is 1.96. The maximum atomic E-state index is 13.7. The van der Waals surface area contributed by atoms with Crippen LogP contribution < -0.4 is 0 Å². The molecule has 17 heavy (non-hydrogen) atoms. The SMILES string of the molecule is Fc1ccccc1-c1nnc2cccc(Cl)n12. The summed E-state index contributed by atoms with van der Waals surface area (Å²) in [6, 6.07) is 11.7.